The highest BCUT2D eigenvalue weighted by atomic mass is 32.1. The molecule has 0 aliphatic rings. The molecule has 2 aromatic heterocycles. The predicted molar refractivity (Wildman–Crippen MR) is 84.7 cm³/mol. The van der Waals surface area contributed by atoms with Gasteiger partial charge in [-0.15, -0.1) is 11.3 Å². The quantitative estimate of drug-likeness (QED) is 0.767. The lowest BCUT2D eigenvalue weighted by Crippen LogP contribution is -2.20. The average Bonchev–Trinajstić information content (AvgIpc) is 3.11. The molecule has 20 heavy (non-hydrogen) atoms. The van der Waals surface area contributed by atoms with Gasteiger partial charge in [0.1, 0.15) is 0 Å². The second kappa shape index (κ2) is 5.92. The van der Waals surface area contributed by atoms with E-state index in [1.807, 2.05) is 30.6 Å². The van der Waals surface area contributed by atoms with Gasteiger partial charge in [-0.1, -0.05) is 24.3 Å². The molecule has 0 fully saturated rings. The van der Waals surface area contributed by atoms with Crippen LogP contribution in [-0.2, 0) is 6.42 Å². The maximum Gasteiger partial charge on any atom is 0.207 e. The first-order valence-corrected chi connectivity index (χ1v) is 7.58. The van der Waals surface area contributed by atoms with Crippen LogP contribution in [-0.4, -0.2) is 15.6 Å². The van der Waals surface area contributed by atoms with Crippen molar-refractivity contribution in [2.24, 2.45) is 0 Å². The van der Waals surface area contributed by atoms with Gasteiger partial charge in [-0.3, -0.25) is 4.57 Å². The second-order valence-electron chi connectivity index (χ2n) is 4.79. The molecule has 2 heterocycles. The van der Waals surface area contributed by atoms with Crippen LogP contribution in [0.4, 0.5) is 5.95 Å². The van der Waals surface area contributed by atoms with Crippen molar-refractivity contribution in [3.05, 3.63) is 65.1 Å². The van der Waals surface area contributed by atoms with Crippen molar-refractivity contribution in [1.82, 2.24) is 9.55 Å². The summed E-state index contributed by atoms with van der Waals surface area (Å²) < 4.78 is 2.07. The van der Waals surface area contributed by atoms with Gasteiger partial charge in [-0.2, -0.15) is 0 Å². The molecule has 0 aliphatic heterocycles. The molecule has 3 aromatic rings. The van der Waals surface area contributed by atoms with E-state index in [4.69, 9.17) is 0 Å². The highest BCUT2D eigenvalue weighted by Crippen LogP contribution is 2.17. The van der Waals surface area contributed by atoms with Gasteiger partial charge in [0, 0.05) is 35.4 Å². The first-order chi connectivity index (χ1) is 9.83. The topological polar surface area (TPSA) is 29.9 Å². The lowest BCUT2D eigenvalue weighted by molar-refractivity contribution is 0.781. The fourth-order valence-electron chi connectivity index (χ4n) is 2.21. The minimum Gasteiger partial charge on any atom is -0.353 e. The number of rotatable bonds is 5. The Morgan fingerprint density at radius 3 is 2.80 bits per heavy atom. The maximum atomic E-state index is 4.42. The first-order valence-electron chi connectivity index (χ1n) is 6.70. The lowest BCUT2D eigenvalue weighted by Gasteiger charge is -2.15. The number of benzene rings is 1. The van der Waals surface area contributed by atoms with Gasteiger partial charge in [0.15, 0.2) is 0 Å². The maximum absolute atomic E-state index is 4.42. The third-order valence-electron chi connectivity index (χ3n) is 3.14. The number of thiophene rings is 1. The standard InChI is InChI=1S/C16H17N3S/c1-13(12-15-8-5-11-20-15)18-16-17-9-10-19(16)14-6-3-2-4-7-14/h2-11,13H,12H2,1H3,(H,17,18). The van der Waals surface area contributed by atoms with E-state index < -0.39 is 0 Å². The summed E-state index contributed by atoms with van der Waals surface area (Å²) in [5, 5.41) is 5.60. The molecule has 0 amide bonds. The van der Waals surface area contributed by atoms with Gasteiger partial charge in [-0.25, -0.2) is 4.98 Å². The Morgan fingerprint density at radius 2 is 2.05 bits per heavy atom. The number of para-hydroxylation sites is 1. The molecule has 4 heteroatoms. The van der Waals surface area contributed by atoms with Crippen LogP contribution in [0.2, 0.25) is 0 Å². The summed E-state index contributed by atoms with van der Waals surface area (Å²) in [4.78, 5) is 5.81. The Hall–Kier alpha value is -2.07. The molecule has 1 N–H and O–H groups in total. The summed E-state index contributed by atoms with van der Waals surface area (Å²) in [6, 6.07) is 14.9. The van der Waals surface area contributed by atoms with Gasteiger partial charge in [0.05, 0.1) is 0 Å². The molecule has 0 saturated carbocycles. The first kappa shape index (κ1) is 12.9. The van der Waals surface area contributed by atoms with Crippen LogP contribution in [0, 0.1) is 0 Å². The van der Waals surface area contributed by atoms with E-state index in [2.05, 4.69) is 51.4 Å². The monoisotopic (exact) mass is 283 g/mol. The molecule has 0 radical (unpaired) electrons. The van der Waals surface area contributed by atoms with Gasteiger partial charge in [0.2, 0.25) is 5.95 Å². The minimum absolute atomic E-state index is 0.346. The Balaban J connectivity index is 1.74. The van der Waals surface area contributed by atoms with E-state index in [-0.39, 0.29) is 0 Å². The highest BCUT2D eigenvalue weighted by molar-refractivity contribution is 7.09. The molecular formula is C16H17N3S. The normalized spacial score (nSPS) is 12.2. The molecular weight excluding hydrogens is 266 g/mol. The summed E-state index contributed by atoms with van der Waals surface area (Å²) in [7, 11) is 0. The fourth-order valence-corrected chi connectivity index (χ4v) is 3.04. The van der Waals surface area contributed by atoms with Crippen molar-refractivity contribution in [1.29, 1.82) is 0 Å². The third-order valence-corrected chi connectivity index (χ3v) is 4.04. The van der Waals surface area contributed by atoms with Crippen LogP contribution in [0.15, 0.2) is 60.2 Å². The van der Waals surface area contributed by atoms with Gasteiger partial charge >= 0.3 is 0 Å². The molecule has 1 atom stereocenters. The molecule has 0 spiro atoms. The van der Waals surface area contributed by atoms with Gasteiger partial charge in [0.25, 0.3) is 0 Å². The van der Waals surface area contributed by atoms with Crippen LogP contribution in [0.25, 0.3) is 5.69 Å². The summed E-state index contributed by atoms with van der Waals surface area (Å²) in [5.41, 5.74) is 1.12. The minimum atomic E-state index is 0.346. The van der Waals surface area contributed by atoms with E-state index >= 15 is 0 Å². The zero-order chi connectivity index (χ0) is 13.8. The summed E-state index contributed by atoms with van der Waals surface area (Å²) in [6.45, 7) is 2.18. The van der Waals surface area contributed by atoms with Crippen LogP contribution in [0.1, 0.15) is 11.8 Å². The van der Waals surface area contributed by atoms with Crippen LogP contribution >= 0.6 is 11.3 Å². The molecule has 0 aliphatic carbocycles. The summed E-state index contributed by atoms with van der Waals surface area (Å²) in [5.74, 6) is 0.889. The Labute approximate surface area is 122 Å². The molecule has 3 rings (SSSR count). The Morgan fingerprint density at radius 1 is 1.20 bits per heavy atom. The molecule has 1 unspecified atom stereocenters. The zero-order valence-corrected chi connectivity index (χ0v) is 12.2. The number of imidazole rings is 1. The lowest BCUT2D eigenvalue weighted by atomic mass is 10.2. The summed E-state index contributed by atoms with van der Waals surface area (Å²) in [6.07, 6.45) is 4.82. The van der Waals surface area contributed by atoms with E-state index in [0.717, 1.165) is 18.1 Å². The smallest absolute Gasteiger partial charge is 0.207 e. The van der Waals surface area contributed by atoms with E-state index in [9.17, 15) is 0 Å². The highest BCUT2D eigenvalue weighted by Gasteiger charge is 2.09. The Bertz CT molecular complexity index is 643. The van der Waals surface area contributed by atoms with Crippen LogP contribution in [0.3, 0.4) is 0 Å². The van der Waals surface area contributed by atoms with Crippen molar-refractivity contribution in [2.75, 3.05) is 5.32 Å². The van der Waals surface area contributed by atoms with Crippen molar-refractivity contribution < 1.29 is 0 Å². The van der Waals surface area contributed by atoms with E-state index in [1.165, 1.54) is 4.88 Å². The number of hydrogen-bond acceptors (Lipinski definition) is 3. The van der Waals surface area contributed by atoms with Gasteiger partial charge < -0.3 is 5.32 Å². The molecule has 102 valence electrons. The van der Waals surface area contributed by atoms with Crippen molar-refractivity contribution in [3.63, 3.8) is 0 Å². The van der Waals surface area contributed by atoms with Crippen molar-refractivity contribution >= 4 is 17.3 Å². The Kier molecular flexibility index (Phi) is 3.83. The molecule has 3 nitrogen and oxygen atoms in total. The predicted octanol–water partition coefficient (Wildman–Crippen LogP) is 3.98. The van der Waals surface area contributed by atoms with Crippen LogP contribution < -0.4 is 5.32 Å². The van der Waals surface area contributed by atoms with Crippen molar-refractivity contribution in [3.8, 4) is 5.69 Å². The second-order valence-corrected chi connectivity index (χ2v) is 5.82. The largest absolute Gasteiger partial charge is 0.353 e. The zero-order valence-electron chi connectivity index (χ0n) is 11.4. The number of nitrogens with zero attached hydrogens (tertiary/aromatic N) is 2. The summed E-state index contributed by atoms with van der Waals surface area (Å²) >= 11 is 1.80. The molecule has 0 saturated heterocycles. The molecule has 0 bridgehead atoms. The molecule has 1 aromatic carbocycles. The number of hydrogen-bond donors (Lipinski definition) is 1. The SMILES string of the molecule is CC(Cc1cccs1)Nc1nccn1-c1ccccc1. The number of aromatic nitrogens is 2. The van der Waals surface area contributed by atoms with Gasteiger partial charge in [-0.05, 0) is 30.5 Å². The average molecular weight is 283 g/mol. The van der Waals surface area contributed by atoms with E-state index in [1.54, 1.807) is 11.3 Å². The fraction of sp³-hybridized carbons (Fsp3) is 0.188. The van der Waals surface area contributed by atoms with Crippen LogP contribution in [0.5, 0.6) is 0 Å². The number of nitrogens with one attached hydrogen (secondary N) is 1. The number of anilines is 1. The van der Waals surface area contributed by atoms with E-state index in [0.29, 0.717) is 6.04 Å². The third kappa shape index (κ3) is 2.91. The van der Waals surface area contributed by atoms with Crippen molar-refractivity contribution in [2.45, 2.75) is 19.4 Å².